The summed E-state index contributed by atoms with van der Waals surface area (Å²) in [7, 11) is 1.63. The van der Waals surface area contributed by atoms with E-state index in [-0.39, 0.29) is 6.61 Å². The Bertz CT molecular complexity index is 840. The molecule has 3 rings (SSSR count). The number of ether oxygens (including phenoxy) is 1. The lowest BCUT2D eigenvalue weighted by atomic mass is 10.1. The van der Waals surface area contributed by atoms with Gasteiger partial charge in [-0.3, -0.25) is 0 Å². The number of hydrogen-bond donors (Lipinski definition) is 1. The molecule has 0 amide bonds. The van der Waals surface area contributed by atoms with E-state index in [1.807, 2.05) is 30.3 Å². The Morgan fingerprint density at radius 2 is 1.87 bits per heavy atom. The maximum atomic E-state index is 9.65. The molecule has 2 aromatic carbocycles. The summed E-state index contributed by atoms with van der Waals surface area (Å²) in [5.41, 5.74) is 5.41. The van der Waals surface area contributed by atoms with Gasteiger partial charge in [-0.15, -0.1) is 5.10 Å². The number of aromatic nitrogens is 3. The number of aliphatic hydroxyl groups is 1. The molecule has 0 saturated carbocycles. The van der Waals surface area contributed by atoms with Gasteiger partial charge in [-0.05, 0) is 49.2 Å². The van der Waals surface area contributed by atoms with E-state index >= 15 is 0 Å². The van der Waals surface area contributed by atoms with Crippen molar-refractivity contribution in [2.24, 2.45) is 0 Å². The minimum absolute atomic E-state index is 0.182. The molecule has 0 fully saturated rings. The van der Waals surface area contributed by atoms with E-state index in [2.05, 4.69) is 36.3 Å². The lowest BCUT2D eigenvalue weighted by Crippen LogP contribution is -2.02. The molecule has 0 saturated heterocycles. The fourth-order valence-electron chi connectivity index (χ4n) is 2.57. The quantitative estimate of drug-likeness (QED) is 0.804. The first-order chi connectivity index (χ1) is 11.2. The molecule has 0 atom stereocenters. The summed E-state index contributed by atoms with van der Waals surface area (Å²) in [4.78, 5) is 0. The number of rotatable bonds is 4. The van der Waals surface area contributed by atoms with Crippen molar-refractivity contribution in [3.8, 4) is 22.7 Å². The molecule has 0 aliphatic heterocycles. The Kier molecular flexibility index (Phi) is 4.12. The van der Waals surface area contributed by atoms with Crippen LogP contribution in [-0.4, -0.2) is 27.2 Å². The molecule has 3 aromatic rings. The van der Waals surface area contributed by atoms with E-state index < -0.39 is 0 Å². The lowest BCUT2D eigenvalue weighted by Gasteiger charge is -2.12. The van der Waals surface area contributed by atoms with Gasteiger partial charge in [0.15, 0.2) is 0 Å². The SMILES string of the molecule is COc1ccccc1-c1c(CO)nnn1-c1ccc(C)c(C)c1. The molecule has 5 nitrogen and oxygen atoms in total. The van der Waals surface area contributed by atoms with Crippen molar-refractivity contribution in [2.75, 3.05) is 7.11 Å². The number of nitrogens with zero attached hydrogens (tertiary/aromatic N) is 3. The molecule has 0 radical (unpaired) electrons. The zero-order chi connectivity index (χ0) is 16.4. The zero-order valence-corrected chi connectivity index (χ0v) is 13.4. The van der Waals surface area contributed by atoms with E-state index in [1.165, 1.54) is 11.1 Å². The lowest BCUT2D eigenvalue weighted by molar-refractivity contribution is 0.277. The number of aryl methyl sites for hydroxylation is 2. The standard InChI is InChI=1S/C18H19N3O2/c1-12-8-9-14(10-13(12)2)21-18(16(11-22)19-20-21)15-6-4-5-7-17(15)23-3/h4-10,22H,11H2,1-3H3. The Balaban J connectivity index is 2.24. The largest absolute Gasteiger partial charge is 0.496 e. The topological polar surface area (TPSA) is 60.2 Å². The van der Waals surface area contributed by atoms with Crippen molar-refractivity contribution in [3.63, 3.8) is 0 Å². The molecule has 118 valence electrons. The molecule has 23 heavy (non-hydrogen) atoms. The van der Waals surface area contributed by atoms with Crippen LogP contribution < -0.4 is 4.74 Å². The second kappa shape index (κ2) is 6.22. The smallest absolute Gasteiger partial charge is 0.128 e. The fourth-order valence-corrected chi connectivity index (χ4v) is 2.57. The molecule has 0 bridgehead atoms. The van der Waals surface area contributed by atoms with Gasteiger partial charge in [0.25, 0.3) is 0 Å². The first kappa shape index (κ1) is 15.2. The molecule has 1 heterocycles. The summed E-state index contributed by atoms with van der Waals surface area (Å²) >= 11 is 0. The molecule has 0 aliphatic rings. The van der Waals surface area contributed by atoms with Gasteiger partial charge in [0.2, 0.25) is 0 Å². The number of benzene rings is 2. The predicted octanol–water partition coefficient (Wildman–Crippen LogP) is 3.05. The van der Waals surface area contributed by atoms with Crippen LogP contribution >= 0.6 is 0 Å². The third-order valence-corrected chi connectivity index (χ3v) is 3.99. The summed E-state index contributed by atoms with van der Waals surface area (Å²) in [6, 6.07) is 13.8. The van der Waals surface area contributed by atoms with Crippen molar-refractivity contribution in [1.82, 2.24) is 15.0 Å². The summed E-state index contributed by atoms with van der Waals surface area (Å²) in [6.07, 6.45) is 0. The van der Waals surface area contributed by atoms with Crippen LogP contribution in [0.1, 0.15) is 16.8 Å². The molecule has 0 unspecified atom stereocenters. The Hall–Kier alpha value is -2.66. The zero-order valence-electron chi connectivity index (χ0n) is 13.4. The van der Waals surface area contributed by atoms with Gasteiger partial charge in [0.05, 0.1) is 19.4 Å². The molecule has 1 aromatic heterocycles. The molecule has 0 spiro atoms. The number of hydrogen-bond acceptors (Lipinski definition) is 4. The molecule has 5 heteroatoms. The van der Waals surface area contributed by atoms with E-state index in [4.69, 9.17) is 4.74 Å². The highest BCUT2D eigenvalue weighted by molar-refractivity contribution is 5.71. The van der Waals surface area contributed by atoms with Crippen molar-refractivity contribution in [2.45, 2.75) is 20.5 Å². The van der Waals surface area contributed by atoms with Gasteiger partial charge in [-0.2, -0.15) is 0 Å². The predicted molar refractivity (Wildman–Crippen MR) is 88.7 cm³/mol. The van der Waals surface area contributed by atoms with E-state index in [1.54, 1.807) is 11.8 Å². The third-order valence-electron chi connectivity index (χ3n) is 3.99. The fraction of sp³-hybridized carbons (Fsp3) is 0.222. The average Bonchev–Trinajstić information content (AvgIpc) is 3.01. The number of aliphatic hydroxyl groups excluding tert-OH is 1. The van der Waals surface area contributed by atoms with Crippen LogP contribution in [0, 0.1) is 13.8 Å². The summed E-state index contributed by atoms with van der Waals surface area (Å²) in [5, 5.41) is 18.0. The van der Waals surface area contributed by atoms with Gasteiger partial charge in [-0.25, -0.2) is 4.68 Å². The normalized spacial score (nSPS) is 10.8. The highest BCUT2D eigenvalue weighted by atomic mass is 16.5. The molecular weight excluding hydrogens is 290 g/mol. The van der Waals surface area contributed by atoms with Crippen LogP contribution in [0.15, 0.2) is 42.5 Å². The van der Waals surface area contributed by atoms with E-state index in [0.29, 0.717) is 5.69 Å². The van der Waals surface area contributed by atoms with Gasteiger partial charge < -0.3 is 9.84 Å². The first-order valence-corrected chi connectivity index (χ1v) is 7.42. The Morgan fingerprint density at radius 3 is 2.57 bits per heavy atom. The first-order valence-electron chi connectivity index (χ1n) is 7.42. The maximum absolute atomic E-state index is 9.65. The number of para-hydroxylation sites is 1. The number of methoxy groups -OCH3 is 1. The van der Waals surface area contributed by atoms with Gasteiger partial charge in [0.1, 0.15) is 17.1 Å². The van der Waals surface area contributed by atoms with Gasteiger partial charge in [-0.1, -0.05) is 23.4 Å². The maximum Gasteiger partial charge on any atom is 0.128 e. The Labute approximate surface area is 135 Å². The second-order valence-electron chi connectivity index (χ2n) is 5.42. The minimum Gasteiger partial charge on any atom is -0.496 e. The summed E-state index contributed by atoms with van der Waals surface area (Å²) in [6.45, 7) is 3.95. The van der Waals surface area contributed by atoms with E-state index in [9.17, 15) is 5.11 Å². The van der Waals surface area contributed by atoms with Gasteiger partial charge in [0, 0.05) is 5.56 Å². The summed E-state index contributed by atoms with van der Waals surface area (Å²) < 4.78 is 7.20. The Morgan fingerprint density at radius 1 is 1.09 bits per heavy atom. The van der Waals surface area contributed by atoms with Crippen LogP contribution in [0.2, 0.25) is 0 Å². The van der Waals surface area contributed by atoms with Crippen molar-refractivity contribution >= 4 is 0 Å². The molecule has 0 aliphatic carbocycles. The van der Waals surface area contributed by atoms with Crippen LogP contribution in [0.25, 0.3) is 16.9 Å². The van der Waals surface area contributed by atoms with Crippen LogP contribution in [-0.2, 0) is 6.61 Å². The van der Waals surface area contributed by atoms with Crippen molar-refractivity contribution < 1.29 is 9.84 Å². The average molecular weight is 309 g/mol. The van der Waals surface area contributed by atoms with E-state index in [0.717, 1.165) is 22.7 Å². The van der Waals surface area contributed by atoms with Gasteiger partial charge >= 0.3 is 0 Å². The highest BCUT2D eigenvalue weighted by Crippen LogP contribution is 2.33. The van der Waals surface area contributed by atoms with Crippen LogP contribution in [0.4, 0.5) is 0 Å². The summed E-state index contributed by atoms with van der Waals surface area (Å²) in [5.74, 6) is 0.717. The van der Waals surface area contributed by atoms with Crippen LogP contribution in [0.5, 0.6) is 5.75 Å². The monoisotopic (exact) mass is 309 g/mol. The van der Waals surface area contributed by atoms with Crippen molar-refractivity contribution in [1.29, 1.82) is 0 Å². The van der Waals surface area contributed by atoms with Crippen LogP contribution in [0.3, 0.4) is 0 Å². The third kappa shape index (κ3) is 2.71. The van der Waals surface area contributed by atoms with Crippen molar-refractivity contribution in [3.05, 3.63) is 59.3 Å². The molecule has 1 N–H and O–H groups in total. The second-order valence-corrected chi connectivity index (χ2v) is 5.42. The molecular formula is C18H19N3O2. The highest BCUT2D eigenvalue weighted by Gasteiger charge is 2.19. The minimum atomic E-state index is -0.182.